The number of carbonyl (C=O) groups is 4. The molecule has 0 N–H and O–H groups in total. The highest BCUT2D eigenvalue weighted by Crippen LogP contribution is 2.33. The Morgan fingerprint density at radius 2 is 1.36 bits per heavy atom. The molecule has 0 aliphatic heterocycles. The van der Waals surface area contributed by atoms with Crippen molar-refractivity contribution in [3.05, 3.63) is 48.0 Å². The smallest absolute Gasteiger partial charge is 0.331 e. The topological polar surface area (TPSA) is 96.0 Å². The fourth-order valence-corrected chi connectivity index (χ4v) is 3.84. The van der Waals surface area contributed by atoms with Crippen molar-refractivity contribution >= 4 is 34.5 Å². The Kier molecular flexibility index (Phi) is 10.0. The second kappa shape index (κ2) is 12.7. The largest absolute Gasteiger partial charge is 0.466 e. The van der Waals surface area contributed by atoms with Crippen LogP contribution in [0.2, 0.25) is 0 Å². The van der Waals surface area contributed by atoms with E-state index in [-0.39, 0.29) is 45.5 Å². The number of hydrogen-bond acceptors (Lipinski definition) is 7. The molecule has 2 aromatic carbocycles. The predicted molar refractivity (Wildman–Crippen MR) is 123 cm³/mol. The maximum Gasteiger partial charge on any atom is 0.331 e. The number of hydrogen-bond donors (Lipinski definition) is 0. The molecule has 0 atom stereocenters. The van der Waals surface area contributed by atoms with Gasteiger partial charge in [0.2, 0.25) is 5.41 Å². The predicted octanol–water partition coefficient (Wildman–Crippen LogP) is 4.19. The van der Waals surface area contributed by atoms with E-state index in [1.54, 1.807) is 20.8 Å². The van der Waals surface area contributed by atoms with Crippen molar-refractivity contribution in [3.8, 4) is 0 Å². The van der Waals surface area contributed by atoms with E-state index in [2.05, 4.69) is 0 Å². The van der Waals surface area contributed by atoms with Crippen molar-refractivity contribution in [2.24, 2.45) is 5.41 Å². The van der Waals surface area contributed by atoms with Crippen LogP contribution in [0.3, 0.4) is 0 Å². The van der Waals surface area contributed by atoms with Gasteiger partial charge in [-0.3, -0.25) is 19.2 Å². The van der Waals surface area contributed by atoms with Gasteiger partial charge in [0.05, 0.1) is 19.8 Å². The van der Waals surface area contributed by atoms with Gasteiger partial charge in [0.15, 0.2) is 5.78 Å². The molecule has 0 bridgehead atoms. The Labute approximate surface area is 194 Å². The van der Waals surface area contributed by atoms with Crippen molar-refractivity contribution in [2.75, 3.05) is 19.8 Å². The minimum atomic E-state index is -2.09. The first-order valence-corrected chi connectivity index (χ1v) is 11.4. The number of aryl methyl sites for hydroxylation is 1. The third-order valence-electron chi connectivity index (χ3n) is 5.46. The summed E-state index contributed by atoms with van der Waals surface area (Å²) in [5, 5.41) is 2.00. The van der Waals surface area contributed by atoms with Gasteiger partial charge in [-0.2, -0.15) is 0 Å². The lowest BCUT2D eigenvalue weighted by Crippen LogP contribution is -2.49. The molecule has 0 aliphatic rings. The van der Waals surface area contributed by atoms with Crippen molar-refractivity contribution in [2.45, 2.75) is 52.9 Å². The van der Waals surface area contributed by atoms with E-state index in [9.17, 15) is 19.2 Å². The average molecular weight is 457 g/mol. The highest BCUT2D eigenvalue weighted by atomic mass is 16.6. The summed E-state index contributed by atoms with van der Waals surface area (Å²) in [5.74, 6) is -2.86. The molecule has 7 nitrogen and oxygen atoms in total. The van der Waals surface area contributed by atoms with Crippen LogP contribution in [-0.2, 0) is 39.8 Å². The summed E-state index contributed by atoms with van der Waals surface area (Å²) in [4.78, 5) is 51.2. The number of fused-ring (bicyclic) bond motifs is 1. The molecule has 0 aliphatic carbocycles. The van der Waals surface area contributed by atoms with Gasteiger partial charge < -0.3 is 14.2 Å². The van der Waals surface area contributed by atoms with Crippen LogP contribution in [0, 0.1) is 5.41 Å². The fourth-order valence-electron chi connectivity index (χ4n) is 3.84. The van der Waals surface area contributed by atoms with Crippen LogP contribution in [0.1, 0.15) is 52.0 Å². The SMILES string of the molecule is CCOC(=O)CCCC(=O)C(CCc1cccc2ccccc12)(C(=O)OCC)C(=O)OCC. The first-order valence-electron chi connectivity index (χ1n) is 11.4. The second-order valence-corrected chi connectivity index (χ2v) is 7.57. The standard InChI is InChI=1S/C26H32O7/c1-4-31-23(28)16-10-15-22(27)26(24(29)32-5-2,25(30)33-6-3)18-17-20-13-9-12-19-11-7-8-14-21(19)20/h7-9,11-14H,4-6,10,15-18H2,1-3H3. The first kappa shape index (κ1) is 26.0. The Hall–Kier alpha value is -3.22. The number of Topliss-reactive ketones (excluding diaryl/α,β-unsaturated/α-hetero) is 1. The molecule has 2 rings (SSSR count). The molecule has 33 heavy (non-hydrogen) atoms. The average Bonchev–Trinajstić information content (AvgIpc) is 2.80. The summed E-state index contributed by atoms with van der Waals surface area (Å²) in [6, 6.07) is 13.6. The summed E-state index contributed by atoms with van der Waals surface area (Å²) in [6.45, 7) is 5.21. The molecule has 0 unspecified atom stereocenters. The number of esters is 3. The Morgan fingerprint density at radius 1 is 0.758 bits per heavy atom. The molecule has 0 saturated heterocycles. The van der Waals surface area contributed by atoms with Gasteiger partial charge in [-0.1, -0.05) is 42.5 Å². The van der Waals surface area contributed by atoms with Crippen molar-refractivity contribution < 1.29 is 33.4 Å². The summed E-state index contributed by atoms with van der Waals surface area (Å²) in [6.07, 6.45) is 0.239. The van der Waals surface area contributed by atoms with Crippen molar-refractivity contribution in [1.29, 1.82) is 0 Å². The summed E-state index contributed by atoms with van der Waals surface area (Å²) in [5.41, 5.74) is -1.18. The van der Waals surface area contributed by atoms with Gasteiger partial charge in [0.25, 0.3) is 0 Å². The van der Waals surface area contributed by atoms with Gasteiger partial charge in [0.1, 0.15) is 0 Å². The number of ketones is 1. The van der Waals surface area contributed by atoms with E-state index in [4.69, 9.17) is 14.2 Å². The minimum Gasteiger partial charge on any atom is -0.466 e. The molecule has 0 fully saturated rings. The molecular formula is C26H32O7. The van der Waals surface area contributed by atoms with Gasteiger partial charge in [0, 0.05) is 12.8 Å². The van der Waals surface area contributed by atoms with E-state index >= 15 is 0 Å². The van der Waals surface area contributed by atoms with Crippen molar-refractivity contribution in [1.82, 2.24) is 0 Å². The van der Waals surface area contributed by atoms with Crippen LogP contribution < -0.4 is 0 Å². The van der Waals surface area contributed by atoms with Gasteiger partial charge in [-0.05, 0) is 56.4 Å². The minimum absolute atomic E-state index is 0.0182. The lowest BCUT2D eigenvalue weighted by Gasteiger charge is -2.28. The molecule has 0 saturated carbocycles. The molecule has 0 spiro atoms. The maximum atomic E-state index is 13.4. The summed E-state index contributed by atoms with van der Waals surface area (Å²) < 4.78 is 15.3. The van der Waals surface area contributed by atoms with Crippen LogP contribution in [0.5, 0.6) is 0 Å². The lowest BCUT2D eigenvalue weighted by molar-refractivity contribution is -0.175. The van der Waals surface area contributed by atoms with Crippen LogP contribution in [-0.4, -0.2) is 43.5 Å². The van der Waals surface area contributed by atoms with E-state index in [1.807, 2.05) is 42.5 Å². The molecule has 7 heteroatoms. The highest BCUT2D eigenvalue weighted by Gasteiger charge is 2.54. The number of carbonyl (C=O) groups excluding carboxylic acids is 4. The number of benzene rings is 2. The first-order chi connectivity index (χ1) is 15.9. The number of rotatable bonds is 13. The zero-order chi connectivity index (χ0) is 24.3. The molecule has 2 aromatic rings. The summed E-state index contributed by atoms with van der Waals surface area (Å²) >= 11 is 0. The number of ether oxygens (including phenoxy) is 3. The molecule has 0 heterocycles. The lowest BCUT2D eigenvalue weighted by atomic mass is 9.76. The maximum absolute atomic E-state index is 13.4. The van der Waals surface area contributed by atoms with Crippen molar-refractivity contribution in [3.63, 3.8) is 0 Å². The Balaban J connectivity index is 2.36. The third kappa shape index (κ3) is 6.40. The van der Waals surface area contributed by atoms with Gasteiger partial charge in [-0.15, -0.1) is 0 Å². The van der Waals surface area contributed by atoms with Gasteiger partial charge >= 0.3 is 17.9 Å². The monoisotopic (exact) mass is 456 g/mol. The van der Waals surface area contributed by atoms with E-state index in [0.717, 1.165) is 16.3 Å². The van der Waals surface area contributed by atoms with Crippen LogP contribution in [0.25, 0.3) is 10.8 Å². The molecule has 0 aromatic heterocycles. The van der Waals surface area contributed by atoms with Crippen LogP contribution >= 0.6 is 0 Å². The van der Waals surface area contributed by atoms with E-state index in [0.29, 0.717) is 6.42 Å². The normalized spacial score (nSPS) is 11.1. The van der Waals surface area contributed by atoms with E-state index in [1.165, 1.54) is 0 Å². The quantitative estimate of drug-likeness (QED) is 0.253. The highest BCUT2D eigenvalue weighted by molar-refractivity contribution is 6.20. The van der Waals surface area contributed by atoms with Gasteiger partial charge in [-0.25, -0.2) is 0 Å². The second-order valence-electron chi connectivity index (χ2n) is 7.57. The Bertz CT molecular complexity index is 956. The fraction of sp³-hybridized carbons (Fsp3) is 0.462. The molecule has 0 radical (unpaired) electrons. The van der Waals surface area contributed by atoms with E-state index < -0.39 is 29.1 Å². The Morgan fingerprint density at radius 3 is 2.00 bits per heavy atom. The summed E-state index contributed by atoms with van der Waals surface area (Å²) in [7, 11) is 0. The zero-order valence-electron chi connectivity index (χ0n) is 19.6. The molecule has 178 valence electrons. The zero-order valence-corrected chi connectivity index (χ0v) is 19.6. The van der Waals surface area contributed by atoms with Crippen LogP contribution in [0.15, 0.2) is 42.5 Å². The van der Waals surface area contributed by atoms with Crippen LogP contribution in [0.4, 0.5) is 0 Å². The molecular weight excluding hydrogens is 424 g/mol. The third-order valence-corrected chi connectivity index (χ3v) is 5.46. The molecule has 0 amide bonds.